The van der Waals surface area contributed by atoms with Gasteiger partial charge in [-0.2, -0.15) is 0 Å². The Bertz CT molecular complexity index is 3580. The molecule has 12 rings (SSSR count). The van der Waals surface area contributed by atoms with Crippen molar-refractivity contribution in [1.29, 1.82) is 0 Å². The second kappa shape index (κ2) is 16.8. The molecule has 1 aromatic heterocycles. The lowest BCUT2D eigenvalue weighted by Crippen LogP contribution is -2.12. The third kappa shape index (κ3) is 7.02. The molecule has 0 bridgehead atoms. The van der Waals surface area contributed by atoms with E-state index in [0.29, 0.717) is 0 Å². The number of rotatable bonds is 9. The van der Waals surface area contributed by atoms with E-state index >= 15 is 0 Å². The molecule has 0 atom stereocenters. The molecule has 0 N–H and O–H groups in total. The minimum atomic E-state index is 1.07. The zero-order chi connectivity index (χ0) is 43.8. The largest absolute Gasteiger partial charge is 0.310 e. The van der Waals surface area contributed by atoms with E-state index in [9.17, 15) is 0 Å². The smallest absolute Gasteiger partial charge is 0.0541 e. The van der Waals surface area contributed by atoms with E-state index in [2.05, 4.69) is 276 Å². The van der Waals surface area contributed by atoms with Gasteiger partial charge in [-0.25, -0.2) is 0 Å². The number of para-hydroxylation sites is 3. The van der Waals surface area contributed by atoms with Crippen LogP contribution in [0.2, 0.25) is 0 Å². The maximum atomic E-state index is 2.47. The highest BCUT2D eigenvalue weighted by atomic mass is 15.1. The van der Waals surface area contributed by atoms with E-state index in [0.717, 1.165) is 61.7 Å². The van der Waals surface area contributed by atoms with Crippen LogP contribution in [-0.2, 0) is 0 Å². The quantitative estimate of drug-likeness (QED) is 0.141. The minimum absolute atomic E-state index is 1.07. The molecule has 0 amide bonds. The highest BCUT2D eigenvalue weighted by Gasteiger charge is 2.22. The fourth-order valence-electron chi connectivity index (χ4n) is 9.89. The van der Waals surface area contributed by atoms with Gasteiger partial charge < -0.3 is 9.47 Å². The van der Waals surface area contributed by atoms with Crippen LogP contribution in [0.5, 0.6) is 0 Å². The molecule has 310 valence electrons. The minimum Gasteiger partial charge on any atom is -0.310 e. The number of benzene rings is 11. The summed E-state index contributed by atoms with van der Waals surface area (Å²) in [6.07, 6.45) is 0. The van der Waals surface area contributed by atoms with Crippen molar-refractivity contribution < 1.29 is 0 Å². The summed E-state index contributed by atoms with van der Waals surface area (Å²) in [4.78, 5) is 2.47. The zero-order valence-corrected chi connectivity index (χ0v) is 36.3. The van der Waals surface area contributed by atoms with Gasteiger partial charge in [-0.3, -0.25) is 0 Å². The predicted molar refractivity (Wildman–Crippen MR) is 280 cm³/mol. The van der Waals surface area contributed by atoms with Crippen LogP contribution in [0.15, 0.2) is 267 Å². The van der Waals surface area contributed by atoms with Gasteiger partial charge in [0.1, 0.15) is 0 Å². The van der Waals surface area contributed by atoms with Crippen LogP contribution < -0.4 is 4.90 Å². The Kier molecular flexibility index (Phi) is 9.89. The molecule has 2 heteroatoms. The SMILES string of the molecule is c1ccc(-c2cc(-c3ccccc3)cc(N(c3cccc(-c4cccc5ccccc45)c3)c3ccc(-c4ccccc4-n4c5ccccc5c5ccccc54)cc3-c3ccccc3)c2)cc1. The summed E-state index contributed by atoms with van der Waals surface area (Å²) >= 11 is 0. The summed E-state index contributed by atoms with van der Waals surface area (Å²) < 4.78 is 2.43. The fourth-order valence-corrected chi connectivity index (χ4v) is 9.89. The molecule has 0 aliphatic carbocycles. The fraction of sp³-hybridized carbons (Fsp3) is 0. The van der Waals surface area contributed by atoms with Gasteiger partial charge in [-0.1, -0.05) is 206 Å². The number of hydrogen-bond donors (Lipinski definition) is 0. The lowest BCUT2D eigenvalue weighted by atomic mass is 9.93. The van der Waals surface area contributed by atoms with E-state index < -0.39 is 0 Å². The third-order valence-corrected chi connectivity index (χ3v) is 13.0. The molecular weight excluding hydrogens is 797 g/mol. The van der Waals surface area contributed by atoms with E-state index in [4.69, 9.17) is 0 Å². The first-order valence-electron chi connectivity index (χ1n) is 22.7. The average Bonchev–Trinajstić information content (AvgIpc) is 3.73. The first-order chi connectivity index (χ1) is 32.7. The molecule has 0 fully saturated rings. The van der Waals surface area contributed by atoms with Crippen molar-refractivity contribution in [3.8, 4) is 61.3 Å². The Morgan fingerprint density at radius 2 is 0.742 bits per heavy atom. The maximum Gasteiger partial charge on any atom is 0.0541 e. The van der Waals surface area contributed by atoms with Crippen molar-refractivity contribution in [2.75, 3.05) is 4.90 Å². The zero-order valence-electron chi connectivity index (χ0n) is 36.3. The highest BCUT2D eigenvalue weighted by molar-refractivity contribution is 6.10. The summed E-state index contributed by atoms with van der Waals surface area (Å²) in [5, 5.41) is 4.95. The average molecular weight is 841 g/mol. The molecule has 0 aliphatic rings. The molecule has 0 radical (unpaired) electrons. The number of anilines is 3. The number of nitrogens with zero attached hydrogens (tertiary/aromatic N) is 2. The molecule has 0 saturated heterocycles. The molecule has 1 heterocycles. The lowest BCUT2D eigenvalue weighted by molar-refractivity contribution is 1.18. The van der Waals surface area contributed by atoms with Crippen molar-refractivity contribution in [2.45, 2.75) is 0 Å². The molecule has 66 heavy (non-hydrogen) atoms. The van der Waals surface area contributed by atoms with E-state index in [-0.39, 0.29) is 0 Å². The second-order valence-corrected chi connectivity index (χ2v) is 16.9. The van der Waals surface area contributed by atoms with Gasteiger partial charge in [0.15, 0.2) is 0 Å². The molecular formula is C64H44N2. The van der Waals surface area contributed by atoms with Gasteiger partial charge in [-0.05, 0) is 116 Å². The van der Waals surface area contributed by atoms with Crippen molar-refractivity contribution in [3.63, 3.8) is 0 Å². The first-order valence-corrected chi connectivity index (χ1v) is 22.7. The van der Waals surface area contributed by atoms with Gasteiger partial charge in [0.25, 0.3) is 0 Å². The maximum absolute atomic E-state index is 2.47. The Hall–Kier alpha value is -8.72. The standard InChI is InChI=1S/C64H44N2/c1-4-20-45(21-5-1)51-40-52(46-22-6-2-7-23-46)43-54(42-51)65(53-29-18-28-49(41-53)56-34-19-27-47-26-10-11-30-55(47)56)64-39-38-50(44-60(64)48-24-8-3-9-25-48)57-31-12-15-35-61(57)66-62-36-16-13-32-58(62)59-33-14-17-37-63(59)66/h1-44H. The molecule has 0 aliphatic heterocycles. The van der Waals surface area contributed by atoms with Crippen LogP contribution in [0, 0.1) is 0 Å². The van der Waals surface area contributed by atoms with E-state index in [1.54, 1.807) is 0 Å². The van der Waals surface area contributed by atoms with Crippen LogP contribution in [-0.4, -0.2) is 4.57 Å². The monoisotopic (exact) mass is 840 g/mol. The highest BCUT2D eigenvalue weighted by Crippen LogP contribution is 2.47. The third-order valence-electron chi connectivity index (χ3n) is 13.0. The summed E-state index contributed by atoms with van der Waals surface area (Å²) in [6.45, 7) is 0. The van der Waals surface area contributed by atoms with Crippen molar-refractivity contribution in [2.24, 2.45) is 0 Å². The van der Waals surface area contributed by atoms with Crippen molar-refractivity contribution in [3.05, 3.63) is 267 Å². The van der Waals surface area contributed by atoms with Crippen molar-refractivity contribution in [1.82, 2.24) is 4.57 Å². The van der Waals surface area contributed by atoms with Gasteiger partial charge in [0, 0.05) is 33.3 Å². The van der Waals surface area contributed by atoms with Gasteiger partial charge in [-0.15, -0.1) is 0 Å². The van der Waals surface area contributed by atoms with Crippen LogP contribution in [0.3, 0.4) is 0 Å². The van der Waals surface area contributed by atoms with Gasteiger partial charge in [0.2, 0.25) is 0 Å². The molecule has 2 nitrogen and oxygen atoms in total. The first kappa shape index (κ1) is 38.9. The Morgan fingerprint density at radius 1 is 0.258 bits per heavy atom. The van der Waals surface area contributed by atoms with Crippen LogP contribution >= 0.6 is 0 Å². The summed E-state index contributed by atoms with van der Waals surface area (Å²) in [5.74, 6) is 0. The van der Waals surface area contributed by atoms with Gasteiger partial charge in [0.05, 0.1) is 22.4 Å². The number of aromatic nitrogens is 1. The van der Waals surface area contributed by atoms with Gasteiger partial charge >= 0.3 is 0 Å². The number of hydrogen-bond acceptors (Lipinski definition) is 1. The molecule has 11 aromatic carbocycles. The summed E-state index contributed by atoms with van der Waals surface area (Å²) in [7, 11) is 0. The lowest BCUT2D eigenvalue weighted by Gasteiger charge is -2.30. The Balaban J connectivity index is 1.12. The molecule has 0 unspecified atom stereocenters. The molecule has 12 aromatic rings. The summed E-state index contributed by atoms with van der Waals surface area (Å²) in [5.41, 5.74) is 18.3. The molecule has 0 saturated carbocycles. The summed E-state index contributed by atoms with van der Waals surface area (Å²) in [6, 6.07) is 97.1. The van der Waals surface area contributed by atoms with Crippen LogP contribution in [0.25, 0.3) is 93.9 Å². The van der Waals surface area contributed by atoms with E-state index in [1.165, 1.54) is 49.3 Å². The normalized spacial score (nSPS) is 11.3. The second-order valence-electron chi connectivity index (χ2n) is 16.9. The topological polar surface area (TPSA) is 8.17 Å². The Morgan fingerprint density at radius 3 is 1.42 bits per heavy atom. The Labute approximate surface area is 385 Å². The number of fused-ring (bicyclic) bond motifs is 4. The molecule has 0 spiro atoms. The van der Waals surface area contributed by atoms with Crippen molar-refractivity contribution >= 4 is 49.6 Å². The van der Waals surface area contributed by atoms with Crippen LogP contribution in [0.1, 0.15) is 0 Å². The van der Waals surface area contributed by atoms with E-state index in [1.807, 2.05) is 0 Å². The van der Waals surface area contributed by atoms with Crippen LogP contribution in [0.4, 0.5) is 17.1 Å². The predicted octanol–water partition coefficient (Wildman–Crippen LogP) is 17.7.